The topological polar surface area (TPSA) is 89.3 Å². The molecular formula is C25H27F3N4O3. The van der Waals surface area contributed by atoms with Crippen LogP contribution in [0.2, 0.25) is 0 Å². The third-order valence-corrected chi connectivity index (χ3v) is 6.80. The SMILES string of the molecule is CC(C)(O)C1CC(n2cc3cc(NC(=O)c4cccc(C(F)(F)F)n4)c(OCC4CC4)cc3n2)C1. The third kappa shape index (κ3) is 5.12. The molecule has 0 unspecified atom stereocenters. The molecule has 2 fully saturated rings. The molecular weight excluding hydrogens is 461 g/mol. The summed E-state index contributed by atoms with van der Waals surface area (Å²) < 4.78 is 46.9. The van der Waals surface area contributed by atoms with Gasteiger partial charge in [0.15, 0.2) is 0 Å². The molecule has 0 aliphatic heterocycles. The summed E-state index contributed by atoms with van der Waals surface area (Å²) in [6.45, 7) is 4.11. The zero-order valence-corrected chi connectivity index (χ0v) is 19.5. The summed E-state index contributed by atoms with van der Waals surface area (Å²) >= 11 is 0. The van der Waals surface area contributed by atoms with Crippen LogP contribution in [-0.4, -0.2) is 38.0 Å². The fourth-order valence-electron chi connectivity index (χ4n) is 4.25. The van der Waals surface area contributed by atoms with Crippen molar-refractivity contribution in [1.29, 1.82) is 0 Å². The van der Waals surface area contributed by atoms with Crippen LogP contribution in [0, 0.1) is 11.8 Å². The molecule has 0 spiro atoms. The highest BCUT2D eigenvalue weighted by atomic mass is 19.4. The highest BCUT2D eigenvalue weighted by molar-refractivity contribution is 6.05. The van der Waals surface area contributed by atoms with E-state index in [9.17, 15) is 23.1 Å². The second-order valence-corrected chi connectivity index (χ2v) is 10.1. The van der Waals surface area contributed by atoms with Gasteiger partial charge in [0.2, 0.25) is 0 Å². The molecule has 35 heavy (non-hydrogen) atoms. The van der Waals surface area contributed by atoms with E-state index in [0.717, 1.165) is 43.2 Å². The number of ether oxygens (including phenoxy) is 1. The lowest BCUT2D eigenvalue weighted by molar-refractivity contribution is -0.141. The van der Waals surface area contributed by atoms with E-state index in [1.807, 2.05) is 24.7 Å². The van der Waals surface area contributed by atoms with E-state index in [4.69, 9.17) is 4.74 Å². The van der Waals surface area contributed by atoms with Crippen LogP contribution < -0.4 is 10.1 Å². The molecule has 1 amide bonds. The van der Waals surface area contributed by atoms with Crippen LogP contribution in [0.1, 0.15) is 61.8 Å². The third-order valence-electron chi connectivity index (χ3n) is 6.80. The number of anilines is 1. The number of carbonyl (C=O) groups excluding carboxylic acids is 1. The number of carbonyl (C=O) groups is 1. The van der Waals surface area contributed by atoms with E-state index >= 15 is 0 Å². The molecule has 0 atom stereocenters. The maximum absolute atomic E-state index is 13.0. The Balaban J connectivity index is 1.41. The van der Waals surface area contributed by atoms with Crippen molar-refractivity contribution in [3.8, 4) is 5.75 Å². The Hall–Kier alpha value is -3.14. The maximum atomic E-state index is 13.0. The molecule has 0 saturated heterocycles. The average Bonchev–Trinajstić information content (AvgIpc) is 3.48. The number of amides is 1. The van der Waals surface area contributed by atoms with Crippen LogP contribution in [0.25, 0.3) is 10.9 Å². The number of rotatable bonds is 7. The van der Waals surface area contributed by atoms with E-state index in [-0.39, 0.29) is 17.7 Å². The van der Waals surface area contributed by atoms with E-state index < -0.39 is 23.4 Å². The van der Waals surface area contributed by atoms with Gasteiger partial charge >= 0.3 is 6.18 Å². The Morgan fingerprint density at radius 2 is 1.97 bits per heavy atom. The Labute approximate surface area is 200 Å². The number of pyridine rings is 1. The van der Waals surface area contributed by atoms with Gasteiger partial charge < -0.3 is 15.2 Å². The summed E-state index contributed by atoms with van der Waals surface area (Å²) in [6, 6.07) is 6.85. The fourth-order valence-corrected chi connectivity index (χ4v) is 4.25. The van der Waals surface area contributed by atoms with Gasteiger partial charge in [-0.25, -0.2) is 4.98 Å². The Morgan fingerprint density at radius 3 is 2.63 bits per heavy atom. The lowest BCUT2D eigenvalue weighted by Gasteiger charge is -2.42. The van der Waals surface area contributed by atoms with Gasteiger partial charge in [-0.1, -0.05) is 6.07 Å². The van der Waals surface area contributed by atoms with Gasteiger partial charge in [0.05, 0.1) is 29.5 Å². The van der Waals surface area contributed by atoms with Crippen molar-refractivity contribution in [2.75, 3.05) is 11.9 Å². The minimum absolute atomic E-state index is 0.169. The molecule has 0 bridgehead atoms. The standard InChI is InChI=1S/C25H27F3N4O3/c1-24(2,34)16-9-17(10-16)32-12-15-8-20(21(11-19(15)31-32)35-13-14-6-7-14)30-23(33)18-4-3-5-22(29-18)25(26,27)28/h3-5,8,11-12,14,16-17,34H,6-7,9-10,13H2,1-2H3,(H,30,33). The van der Waals surface area contributed by atoms with Gasteiger partial charge in [-0.05, 0) is 69.6 Å². The molecule has 7 nitrogen and oxygen atoms in total. The first-order valence-electron chi connectivity index (χ1n) is 11.7. The zero-order chi connectivity index (χ0) is 25.0. The average molecular weight is 489 g/mol. The minimum atomic E-state index is -4.64. The molecule has 0 radical (unpaired) electrons. The van der Waals surface area contributed by atoms with Crippen LogP contribution in [-0.2, 0) is 6.18 Å². The molecule has 5 rings (SSSR count). The van der Waals surface area contributed by atoms with Crippen molar-refractivity contribution in [2.45, 2.75) is 57.3 Å². The van der Waals surface area contributed by atoms with Gasteiger partial charge in [0, 0.05) is 17.6 Å². The van der Waals surface area contributed by atoms with Crippen molar-refractivity contribution in [2.24, 2.45) is 11.8 Å². The highest BCUT2D eigenvalue weighted by Crippen LogP contribution is 2.44. The number of aromatic nitrogens is 3. The number of fused-ring (bicyclic) bond motifs is 1. The summed E-state index contributed by atoms with van der Waals surface area (Å²) in [4.78, 5) is 16.3. The minimum Gasteiger partial charge on any atom is -0.491 e. The lowest BCUT2D eigenvalue weighted by atomic mass is 9.71. The van der Waals surface area contributed by atoms with Crippen molar-refractivity contribution in [3.63, 3.8) is 0 Å². The first-order valence-corrected chi connectivity index (χ1v) is 11.7. The number of alkyl halides is 3. The summed E-state index contributed by atoms with van der Waals surface area (Å²) in [5.41, 5.74) is -1.16. The predicted molar refractivity (Wildman–Crippen MR) is 123 cm³/mol. The molecule has 10 heteroatoms. The lowest BCUT2D eigenvalue weighted by Crippen LogP contribution is -2.41. The van der Waals surface area contributed by atoms with Crippen molar-refractivity contribution in [1.82, 2.24) is 14.8 Å². The second kappa shape index (κ2) is 8.51. The largest absolute Gasteiger partial charge is 0.491 e. The molecule has 2 aromatic heterocycles. The van der Waals surface area contributed by atoms with Crippen LogP contribution in [0.5, 0.6) is 5.75 Å². The zero-order valence-electron chi connectivity index (χ0n) is 19.5. The molecule has 2 saturated carbocycles. The number of benzene rings is 1. The summed E-state index contributed by atoms with van der Waals surface area (Å²) in [5.74, 6) is 0.321. The van der Waals surface area contributed by atoms with E-state index in [1.165, 1.54) is 6.07 Å². The van der Waals surface area contributed by atoms with E-state index in [1.54, 1.807) is 12.1 Å². The van der Waals surface area contributed by atoms with Gasteiger partial charge in [-0.15, -0.1) is 0 Å². The van der Waals surface area contributed by atoms with Crippen molar-refractivity contribution >= 4 is 22.5 Å². The quantitative estimate of drug-likeness (QED) is 0.476. The monoisotopic (exact) mass is 488 g/mol. The summed E-state index contributed by atoms with van der Waals surface area (Å²) in [5, 5.41) is 18.3. The molecule has 2 aliphatic carbocycles. The Morgan fingerprint density at radius 1 is 1.23 bits per heavy atom. The first-order chi connectivity index (χ1) is 16.5. The molecule has 1 aromatic carbocycles. The summed E-state index contributed by atoms with van der Waals surface area (Å²) in [7, 11) is 0. The van der Waals surface area contributed by atoms with E-state index in [2.05, 4.69) is 15.4 Å². The van der Waals surface area contributed by atoms with Gasteiger partial charge in [0.1, 0.15) is 17.1 Å². The van der Waals surface area contributed by atoms with Crippen molar-refractivity contribution in [3.05, 3.63) is 47.9 Å². The molecule has 2 aliphatic rings. The van der Waals surface area contributed by atoms with Crippen LogP contribution in [0.15, 0.2) is 36.5 Å². The molecule has 2 heterocycles. The van der Waals surface area contributed by atoms with Crippen LogP contribution >= 0.6 is 0 Å². The van der Waals surface area contributed by atoms with Gasteiger partial charge in [-0.2, -0.15) is 18.3 Å². The molecule has 186 valence electrons. The Bertz CT molecular complexity index is 1260. The number of nitrogens with zero attached hydrogens (tertiary/aromatic N) is 3. The Kier molecular flexibility index (Phi) is 5.74. The van der Waals surface area contributed by atoms with Crippen LogP contribution in [0.4, 0.5) is 18.9 Å². The first kappa shape index (κ1) is 23.6. The number of hydrogen-bond donors (Lipinski definition) is 2. The number of halogens is 3. The van der Waals surface area contributed by atoms with E-state index in [0.29, 0.717) is 29.5 Å². The normalized spacial score (nSPS) is 20.5. The molecule has 3 aromatic rings. The van der Waals surface area contributed by atoms with Gasteiger partial charge in [0.25, 0.3) is 5.91 Å². The number of aliphatic hydroxyl groups is 1. The second-order valence-electron chi connectivity index (χ2n) is 10.1. The maximum Gasteiger partial charge on any atom is 0.433 e. The van der Waals surface area contributed by atoms with Gasteiger partial charge in [-0.3, -0.25) is 9.48 Å². The highest BCUT2D eigenvalue weighted by Gasteiger charge is 2.40. The fraction of sp³-hybridized carbons (Fsp3) is 0.480. The number of hydrogen-bond acceptors (Lipinski definition) is 5. The predicted octanol–water partition coefficient (Wildman–Crippen LogP) is 5.21. The van der Waals surface area contributed by atoms with Crippen molar-refractivity contribution < 1.29 is 27.8 Å². The number of nitrogens with one attached hydrogen (secondary N) is 1. The molecule has 2 N–H and O–H groups in total. The summed E-state index contributed by atoms with van der Waals surface area (Å²) in [6.07, 6.45) is 1.02. The van der Waals surface area contributed by atoms with Crippen LogP contribution in [0.3, 0.4) is 0 Å². The smallest absolute Gasteiger partial charge is 0.433 e.